The van der Waals surface area contributed by atoms with E-state index in [-0.39, 0.29) is 0 Å². The van der Waals surface area contributed by atoms with Crippen molar-refractivity contribution in [3.63, 3.8) is 0 Å². The monoisotopic (exact) mass is 179 g/mol. The maximum atomic E-state index is 5.65. The Morgan fingerprint density at radius 3 is 2.31 bits per heavy atom. The summed E-state index contributed by atoms with van der Waals surface area (Å²) in [4.78, 5) is 0. The molecule has 72 valence electrons. The van der Waals surface area contributed by atoms with Gasteiger partial charge in [0.25, 0.3) is 0 Å². The van der Waals surface area contributed by atoms with E-state index in [2.05, 4.69) is 31.0 Å². The van der Waals surface area contributed by atoms with Gasteiger partial charge in [-0.1, -0.05) is 13.8 Å². The van der Waals surface area contributed by atoms with Crippen LogP contribution in [0.1, 0.15) is 30.7 Å². The van der Waals surface area contributed by atoms with E-state index in [1.807, 2.05) is 6.92 Å². The van der Waals surface area contributed by atoms with Crippen molar-refractivity contribution >= 4 is 5.82 Å². The topological polar surface area (TPSA) is 51.8 Å². The van der Waals surface area contributed by atoms with E-state index in [1.54, 1.807) is 0 Å². The van der Waals surface area contributed by atoms with Gasteiger partial charge >= 0.3 is 0 Å². The van der Waals surface area contributed by atoms with Gasteiger partial charge in [-0.2, -0.15) is 5.10 Å². The van der Waals surface area contributed by atoms with E-state index in [0.717, 1.165) is 17.7 Å². The van der Waals surface area contributed by atoms with Crippen molar-refractivity contribution in [3.8, 4) is 0 Å². The molecule has 1 heterocycles. The number of nitrogen functional groups attached to an aromatic ring is 1. The summed E-state index contributed by atoms with van der Waals surface area (Å²) in [6.07, 6.45) is 0.972. The van der Waals surface area contributed by atoms with E-state index >= 15 is 0 Å². The molecular weight excluding hydrogens is 162 g/mol. The summed E-state index contributed by atoms with van der Waals surface area (Å²) in [7, 11) is 0. The molecule has 1 aromatic heterocycles. The molecule has 0 saturated heterocycles. The van der Waals surface area contributed by atoms with Crippen LogP contribution in [0, 0.1) is 19.8 Å². The molecule has 0 fully saturated rings. The molecule has 0 spiro atoms. The highest BCUT2D eigenvalue weighted by Crippen LogP contribution is 2.16. The second-order valence-corrected chi connectivity index (χ2v) is 3.88. The van der Waals surface area contributed by atoms with Crippen molar-refractivity contribution in [1.82, 2.24) is 10.2 Å². The number of hydrogen-bond donors (Lipinski definition) is 1. The Balaban J connectivity index is 3.04. The number of aromatic nitrogens is 2. The molecule has 1 rings (SSSR count). The van der Waals surface area contributed by atoms with Gasteiger partial charge in [-0.3, -0.25) is 0 Å². The predicted octanol–water partition coefficient (Wildman–Crippen LogP) is 1.87. The third-order valence-corrected chi connectivity index (χ3v) is 2.26. The Hall–Kier alpha value is -1.12. The van der Waals surface area contributed by atoms with Crippen LogP contribution < -0.4 is 5.73 Å². The molecular formula is C10H17N3. The molecule has 3 nitrogen and oxygen atoms in total. The van der Waals surface area contributed by atoms with Crippen molar-refractivity contribution in [2.24, 2.45) is 5.92 Å². The molecule has 13 heavy (non-hydrogen) atoms. The molecule has 0 bridgehead atoms. The molecule has 0 aromatic carbocycles. The zero-order valence-corrected chi connectivity index (χ0v) is 8.76. The van der Waals surface area contributed by atoms with Crippen LogP contribution in [0.3, 0.4) is 0 Å². The van der Waals surface area contributed by atoms with Crippen LogP contribution in [0.2, 0.25) is 0 Å². The Morgan fingerprint density at radius 2 is 1.77 bits per heavy atom. The maximum absolute atomic E-state index is 5.65. The van der Waals surface area contributed by atoms with Gasteiger partial charge in [-0.05, 0) is 37.3 Å². The fourth-order valence-electron chi connectivity index (χ4n) is 1.25. The fourth-order valence-corrected chi connectivity index (χ4v) is 1.25. The molecule has 1 aromatic rings. The standard InChI is InChI=1S/C10H17N3/c1-6(2)5-9-7(3)8(4)10(11)13-12-9/h6H,5H2,1-4H3,(H2,11,13). The minimum Gasteiger partial charge on any atom is -0.382 e. The summed E-state index contributed by atoms with van der Waals surface area (Å²) < 4.78 is 0. The number of nitrogens with zero attached hydrogens (tertiary/aromatic N) is 2. The van der Waals surface area contributed by atoms with Gasteiger partial charge in [0.15, 0.2) is 0 Å². The lowest BCUT2D eigenvalue weighted by Gasteiger charge is -2.09. The van der Waals surface area contributed by atoms with Gasteiger partial charge in [0, 0.05) is 0 Å². The third kappa shape index (κ3) is 2.17. The van der Waals surface area contributed by atoms with Crippen molar-refractivity contribution < 1.29 is 0 Å². The van der Waals surface area contributed by atoms with Crippen LogP contribution >= 0.6 is 0 Å². The Kier molecular flexibility index (Phi) is 2.86. The van der Waals surface area contributed by atoms with Gasteiger partial charge in [0.1, 0.15) is 5.82 Å². The summed E-state index contributed by atoms with van der Waals surface area (Å²) >= 11 is 0. The summed E-state index contributed by atoms with van der Waals surface area (Å²) in [6, 6.07) is 0. The molecule has 3 heteroatoms. The first-order valence-corrected chi connectivity index (χ1v) is 4.60. The molecule has 0 amide bonds. The van der Waals surface area contributed by atoms with Crippen molar-refractivity contribution in [2.75, 3.05) is 5.73 Å². The minimum atomic E-state index is 0.546. The summed E-state index contributed by atoms with van der Waals surface area (Å²) in [5.74, 6) is 1.15. The van der Waals surface area contributed by atoms with E-state index < -0.39 is 0 Å². The molecule has 0 saturated carbocycles. The van der Waals surface area contributed by atoms with E-state index in [1.165, 1.54) is 5.56 Å². The average Bonchev–Trinajstić information content (AvgIpc) is 2.06. The molecule has 0 aliphatic rings. The Labute approximate surface area is 79.4 Å². The highest BCUT2D eigenvalue weighted by Gasteiger charge is 2.08. The van der Waals surface area contributed by atoms with E-state index in [0.29, 0.717) is 11.7 Å². The molecule has 0 aliphatic carbocycles. The smallest absolute Gasteiger partial charge is 0.149 e. The quantitative estimate of drug-likeness (QED) is 0.754. The molecule has 0 radical (unpaired) electrons. The van der Waals surface area contributed by atoms with Crippen LogP contribution in [0.5, 0.6) is 0 Å². The van der Waals surface area contributed by atoms with Crippen molar-refractivity contribution in [1.29, 1.82) is 0 Å². The van der Waals surface area contributed by atoms with Crippen LogP contribution in [-0.2, 0) is 6.42 Å². The first-order valence-electron chi connectivity index (χ1n) is 4.60. The highest BCUT2D eigenvalue weighted by atomic mass is 15.1. The minimum absolute atomic E-state index is 0.546. The van der Waals surface area contributed by atoms with Crippen LogP contribution in [0.15, 0.2) is 0 Å². The van der Waals surface area contributed by atoms with Crippen LogP contribution in [0.4, 0.5) is 5.82 Å². The molecule has 0 aliphatic heterocycles. The second-order valence-electron chi connectivity index (χ2n) is 3.88. The summed E-state index contributed by atoms with van der Waals surface area (Å²) in [6.45, 7) is 8.39. The predicted molar refractivity (Wildman–Crippen MR) is 54.5 cm³/mol. The Bertz CT molecular complexity index is 305. The zero-order chi connectivity index (χ0) is 10.0. The largest absolute Gasteiger partial charge is 0.382 e. The van der Waals surface area contributed by atoms with Crippen LogP contribution in [-0.4, -0.2) is 10.2 Å². The SMILES string of the molecule is Cc1c(N)nnc(CC(C)C)c1C. The fraction of sp³-hybridized carbons (Fsp3) is 0.600. The van der Waals surface area contributed by atoms with Gasteiger partial charge in [-0.15, -0.1) is 5.10 Å². The lowest BCUT2D eigenvalue weighted by Crippen LogP contribution is -2.07. The normalized spacial score (nSPS) is 10.8. The number of nitrogens with two attached hydrogens (primary N) is 1. The summed E-state index contributed by atoms with van der Waals surface area (Å²) in [5.41, 5.74) is 8.96. The lowest BCUT2D eigenvalue weighted by atomic mass is 10.0. The van der Waals surface area contributed by atoms with Gasteiger partial charge in [-0.25, -0.2) is 0 Å². The van der Waals surface area contributed by atoms with E-state index in [4.69, 9.17) is 5.73 Å². The van der Waals surface area contributed by atoms with E-state index in [9.17, 15) is 0 Å². The van der Waals surface area contributed by atoms with Gasteiger partial charge < -0.3 is 5.73 Å². The molecule has 0 unspecified atom stereocenters. The second kappa shape index (κ2) is 3.73. The number of hydrogen-bond acceptors (Lipinski definition) is 3. The lowest BCUT2D eigenvalue weighted by molar-refractivity contribution is 0.624. The van der Waals surface area contributed by atoms with Crippen molar-refractivity contribution in [3.05, 3.63) is 16.8 Å². The number of anilines is 1. The summed E-state index contributed by atoms with van der Waals surface area (Å²) in [5, 5.41) is 8.02. The van der Waals surface area contributed by atoms with Crippen LogP contribution in [0.25, 0.3) is 0 Å². The number of rotatable bonds is 2. The molecule has 0 atom stereocenters. The maximum Gasteiger partial charge on any atom is 0.149 e. The average molecular weight is 179 g/mol. The van der Waals surface area contributed by atoms with Gasteiger partial charge in [0.2, 0.25) is 0 Å². The zero-order valence-electron chi connectivity index (χ0n) is 8.76. The Morgan fingerprint density at radius 1 is 1.15 bits per heavy atom. The molecule has 2 N–H and O–H groups in total. The van der Waals surface area contributed by atoms with Gasteiger partial charge in [0.05, 0.1) is 5.69 Å². The van der Waals surface area contributed by atoms with Crippen molar-refractivity contribution in [2.45, 2.75) is 34.1 Å². The first kappa shape index (κ1) is 9.96. The highest BCUT2D eigenvalue weighted by molar-refractivity contribution is 5.43. The third-order valence-electron chi connectivity index (χ3n) is 2.26. The first-order chi connectivity index (χ1) is 6.02.